The summed E-state index contributed by atoms with van der Waals surface area (Å²) >= 11 is 0. The van der Waals surface area contributed by atoms with Crippen molar-refractivity contribution in [1.82, 2.24) is 29.7 Å². The number of hydrogen-bond donors (Lipinski definition) is 1. The van der Waals surface area contributed by atoms with Crippen LogP contribution in [0, 0.1) is 6.92 Å². The van der Waals surface area contributed by atoms with E-state index in [0.717, 1.165) is 73.3 Å². The zero-order valence-electron chi connectivity index (χ0n) is 23.9. The molecule has 0 radical (unpaired) electrons. The SMILES string of the molecule is COc1cc2c(Oc3ccc4[nH]c(C)cc4c3)ncnc2cc1OCCN1CCN(CC(=O)CN2CCCC2)CC1. The summed E-state index contributed by atoms with van der Waals surface area (Å²) in [5.41, 5.74) is 2.89. The molecular weight excluding hydrogens is 520 g/mol. The van der Waals surface area contributed by atoms with Crippen LogP contribution >= 0.6 is 0 Å². The van der Waals surface area contributed by atoms with Gasteiger partial charge in [0.1, 0.15) is 18.7 Å². The first kappa shape index (κ1) is 27.4. The van der Waals surface area contributed by atoms with E-state index in [9.17, 15) is 4.79 Å². The third-order valence-electron chi connectivity index (χ3n) is 7.95. The minimum absolute atomic E-state index is 0.335. The Morgan fingerprint density at radius 2 is 1.66 bits per heavy atom. The van der Waals surface area contributed by atoms with Gasteiger partial charge >= 0.3 is 0 Å². The smallest absolute Gasteiger partial charge is 0.230 e. The molecule has 0 unspecified atom stereocenters. The van der Waals surface area contributed by atoms with E-state index < -0.39 is 0 Å². The van der Waals surface area contributed by atoms with Crippen molar-refractivity contribution < 1.29 is 19.0 Å². The summed E-state index contributed by atoms with van der Waals surface area (Å²) in [6.07, 6.45) is 3.93. The number of aryl methyl sites for hydroxylation is 1. The summed E-state index contributed by atoms with van der Waals surface area (Å²) < 4.78 is 18.0. The van der Waals surface area contributed by atoms with Gasteiger partial charge in [-0.3, -0.25) is 19.5 Å². The van der Waals surface area contributed by atoms with Crippen molar-refractivity contribution >= 4 is 27.6 Å². The molecular formula is C31H38N6O4. The summed E-state index contributed by atoms with van der Waals surface area (Å²) in [7, 11) is 1.63. The van der Waals surface area contributed by atoms with Crippen LogP contribution in [-0.2, 0) is 4.79 Å². The topological polar surface area (TPSA) is 96.0 Å². The molecule has 10 heteroatoms. The van der Waals surface area contributed by atoms with E-state index in [1.165, 1.54) is 19.2 Å². The maximum atomic E-state index is 12.4. The van der Waals surface area contributed by atoms with Crippen molar-refractivity contribution in [3.05, 3.63) is 48.4 Å². The standard InChI is InChI=1S/C31H38N6O4/c1-22-15-23-16-25(5-6-27(23)34-22)41-31-26-17-29(39-2)30(18-28(26)32-21-33-31)40-14-13-35-9-11-37(12-10-35)20-24(38)19-36-7-3-4-8-36/h5-6,15-18,21,34H,3-4,7-14,19-20H2,1-2H3. The maximum Gasteiger partial charge on any atom is 0.230 e. The number of piperazine rings is 1. The van der Waals surface area contributed by atoms with Crippen molar-refractivity contribution in [2.75, 3.05) is 72.6 Å². The van der Waals surface area contributed by atoms with Crippen molar-refractivity contribution in [1.29, 1.82) is 0 Å². The summed E-state index contributed by atoms with van der Waals surface area (Å²) in [4.78, 5) is 31.6. The van der Waals surface area contributed by atoms with E-state index in [1.807, 2.05) is 37.3 Å². The van der Waals surface area contributed by atoms with Crippen LogP contribution in [0.5, 0.6) is 23.1 Å². The average molecular weight is 559 g/mol. The summed E-state index contributed by atoms with van der Waals surface area (Å²) in [6.45, 7) is 10.3. The number of rotatable bonds is 11. The molecule has 2 aliphatic rings. The number of methoxy groups -OCH3 is 1. The van der Waals surface area contributed by atoms with Crippen LogP contribution in [0.15, 0.2) is 42.7 Å². The van der Waals surface area contributed by atoms with Crippen LogP contribution in [0.2, 0.25) is 0 Å². The van der Waals surface area contributed by atoms with Crippen LogP contribution in [0.1, 0.15) is 18.5 Å². The number of hydrogen-bond acceptors (Lipinski definition) is 9. The largest absolute Gasteiger partial charge is 0.493 e. The quantitative estimate of drug-likeness (QED) is 0.294. The predicted molar refractivity (Wildman–Crippen MR) is 158 cm³/mol. The Hall–Kier alpha value is -3.73. The predicted octanol–water partition coefficient (Wildman–Crippen LogP) is 3.88. The lowest BCUT2D eigenvalue weighted by molar-refractivity contribution is -0.121. The van der Waals surface area contributed by atoms with Crippen LogP contribution in [-0.4, -0.2) is 108 Å². The second-order valence-corrected chi connectivity index (χ2v) is 11.0. The van der Waals surface area contributed by atoms with Crippen LogP contribution < -0.4 is 14.2 Å². The van der Waals surface area contributed by atoms with Gasteiger partial charge in [-0.1, -0.05) is 0 Å². The highest BCUT2D eigenvalue weighted by atomic mass is 16.5. The van der Waals surface area contributed by atoms with Gasteiger partial charge < -0.3 is 19.2 Å². The van der Waals surface area contributed by atoms with Gasteiger partial charge in [0.15, 0.2) is 17.3 Å². The van der Waals surface area contributed by atoms with Crippen molar-refractivity contribution in [2.45, 2.75) is 19.8 Å². The molecule has 0 bridgehead atoms. The Bertz CT molecular complexity index is 1510. The molecule has 2 saturated heterocycles. The second kappa shape index (κ2) is 12.4. The number of fused-ring (bicyclic) bond motifs is 2. The molecule has 0 saturated carbocycles. The highest BCUT2D eigenvalue weighted by Crippen LogP contribution is 2.36. The number of aromatic nitrogens is 3. The number of aromatic amines is 1. The van der Waals surface area contributed by atoms with E-state index in [2.05, 4.69) is 35.7 Å². The summed E-state index contributed by atoms with van der Waals surface area (Å²) in [5, 5.41) is 1.83. The van der Waals surface area contributed by atoms with E-state index in [4.69, 9.17) is 14.2 Å². The monoisotopic (exact) mass is 558 g/mol. The number of likely N-dealkylation sites (tertiary alicyclic amines) is 1. The first-order valence-electron chi connectivity index (χ1n) is 14.5. The lowest BCUT2D eigenvalue weighted by atomic mass is 10.2. The Morgan fingerprint density at radius 3 is 2.44 bits per heavy atom. The second-order valence-electron chi connectivity index (χ2n) is 11.0. The molecule has 0 aliphatic carbocycles. The Balaban J connectivity index is 1.04. The lowest BCUT2D eigenvalue weighted by Gasteiger charge is -2.34. The molecule has 4 heterocycles. The number of nitrogens with zero attached hydrogens (tertiary/aromatic N) is 5. The molecule has 4 aromatic rings. The van der Waals surface area contributed by atoms with Gasteiger partial charge in [-0.25, -0.2) is 9.97 Å². The van der Waals surface area contributed by atoms with Gasteiger partial charge in [-0.05, 0) is 63.2 Å². The normalized spacial score (nSPS) is 16.9. The molecule has 2 aromatic carbocycles. The fraction of sp³-hybridized carbons (Fsp3) is 0.452. The Morgan fingerprint density at radius 1 is 0.902 bits per heavy atom. The van der Waals surface area contributed by atoms with Gasteiger partial charge in [0.2, 0.25) is 5.88 Å². The van der Waals surface area contributed by atoms with Gasteiger partial charge in [0.05, 0.1) is 31.1 Å². The van der Waals surface area contributed by atoms with Crippen LogP contribution in [0.4, 0.5) is 0 Å². The number of carbonyl (C=O) groups is 1. The molecule has 216 valence electrons. The average Bonchev–Trinajstić information content (AvgIpc) is 3.62. The molecule has 2 aromatic heterocycles. The third-order valence-corrected chi connectivity index (χ3v) is 7.95. The van der Waals surface area contributed by atoms with Crippen molar-refractivity contribution in [3.8, 4) is 23.1 Å². The van der Waals surface area contributed by atoms with Gasteiger partial charge in [-0.2, -0.15) is 0 Å². The molecule has 0 amide bonds. The van der Waals surface area contributed by atoms with E-state index >= 15 is 0 Å². The fourth-order valence-electron chi connectivity index (χ4n) is 5.77. The van der Waals surface area contributed by atoms with Gasteiger partial charge in [-0.15, -0.1) is 0 Å². The molecule has 1 N–H and O–H groups in total. The highest BCUT2D eigenvalue weighted by molar-refractivity contribution is 5.87. The number of carbonyl (C=O) groups excluding carboxylic acids is 1. The summed E-state index contributed by atoms with van der Waals surface area (Å²) in [5.74, 6) is 2.74. The number of H-pyrrole nitrogens is 1. The van der Waals surface area contributed by atoms with Gasteiger partial charge in [0, 0.05) is 55.4 Å². The Kier molecular flexibility index (Phi) is 8.31. The zero-order chi connectivity index (χ0) is 28.2. The molecule has 2 aliphatic heterocycles. The van der Waals surface area contributed by atoms with E-state index in [0.29, 0.717) is 48.6 Å². The number of benzene rings is 2. The summed E-state index contributed by atoms with van der Waals surface area (Å²) in [6, 6.07) is 11.8. The van der Waals surface area contributed by atoms with Gasteiger partial charge in [0.25, 0.3) is 0 Å². The number of ketones is 1. The van der Waals surface area contributed by atoms with E-state index in [-0.39, 0.29) is 0 Å². The maximum absolute atomic E-state index is 12.4. The molecule has 0 spiro atoms. The molecule has 6 rings (SSSR count). The number of ether oxygens (including phenoxy) is 3. The number of Topliss-reactive ketones (excluding diaryl/α,β-unsaturated/α-hetero) is 1. The fourth-order valence-corrected chi connectivity index (χ4v) is 5.77. The first-order chi connectivity index (χ1) is 20.0. The zero-order valence-corrected chi connectivity index (χ0v) is 23.9. The molecule has 41 heavy (non-hydrogen) atoms. The van der Waals surface area contributed by atoms with Crippen molar-refractivity contribution in [3.63, 3.8) is 0 Å². The van der Waals surface area contributed by atoms with Crippen LogP contribution in [0.25, 0.3) is 21.8 Å². The minimum Gasteiger partial charge on any atom is -0.493 e. The Labute approximate surface area is 240 Å². The number of nitrogens with one attached hydrogen (secondary N) is 1. The van der Waals surface area contributed by atoms with Crippen molar-refractivity contribution in [2.24, 2.45) is 0 Å². The first-order valence-corrected chi connectivity index (χ1v) is 14.5. The molecule has 2 fully saturated rings. The minimum atomic E-state index is 0.335. The van der Waals surface area contributed by atoms with Crippen LogP contribution in [0.3, 0.4) is 0 Å². The lowest BCUT2D eigenvalue weighted by Crippen LogP contribution is -2.49. The van der Waals surface area contributed by atoms with E-state index in [1.54, 1.807) is 7.11 Å². The molecule has 10 nitrogen and oxygen atoms in total. The third kappa shape index (κ3) is 6.61. The highest BCUT2D eigenvalue weighted by Gasteiger charge is 2.21. The molecule has 0 atom stereocenters.